The van der Waals surface area contributed by atoms with Gasteiger partial charge in [-0.05, 0) is 52.2 Å². The molecule has 2 fully saturated rings. The lowest BCUT2D eigenvalue weighted by Crippen LogP contribution is -2.47. The minimum Gasteiger partial charge on any atom is -0.337 e. The lowest BCUT2D eigenvalue weighted by molar-refractivity contribution is -0.117. The van der Waals surface area contributed by atoms with E-state index in [4.69, 9.17) is 0 Å². The van der Waals surface area contributed by atoms with E-state index < -0.39 is 0 Å². The molecule has 0 spiro atoms. The molecule has 3 amide bonds. The number of carbonyl (C=O) groups is 2. The summed E-state index contributed by atoms with van der Waals surface area (Å²) in [6, 6.07) is 9.93. The number of carbonyl (C=O) groups excluding carboxylic acids is 2. The smallest absolute Gasteiger partial charge is 0.315 e. The van der Waals surface area contributed by atoms with E-state index in [1.165, 1.54) is 12.8 Å². The fourth-order valence-corrected chi connectivity index (χ4v) is 3.89. The number of rotatable bonds is 6. The van der Waals surface area contributed by atoms with Crippen LogP contribution in [0.15, 0.2) is 30.3 Å². The van der Waals surface area contributed by atoms with Crippen LogP contribution in [0.4, 0.5) is 10.5 Å². The SMILES string of the molecule is CN(C)C1CCN(CCNC(=O)NC2CC(=O)N(c3ccccc3)C2)CC1. The monoisotopic (exact) mass is 373 g/mol. The summed E-state index contributed by atoms with van der Waals surface area (Å²) < 4.78 is 0. The Morgan fingerprint density at radius 1 is 1.19 bits per heavy atom. The Morgan fingerprint density at radius 2 is 1.89 bits per heavy atom. The predicted octanol–water partition coefficient (Wildman–Crippen LogP) is 1.12. The first-order valence-corrected chi connectivity index (χ1v) is 9.81. The van der Waals surface area contributed by atoms with Crippen molar-refractivity contribution in [1.29, 1.82) is 0 Å². The standard InChI is InChI=1S/C20H31N5O2/c1-23(2)17-8-11-24(12-9-17)13-10-21-20(27)22-16-14-19(26)25(15-16)18-6-4-3-5-7-18/h3-7,16-17H,8-15H2,1-2H3,(H2,21,22,27). The van der Waals surface area contributed by atoms with E-state index in [1.807, 2.05) is 30.3 Å². The Hall–Kier alpha value is -2.12. The Morgan fingerprint density at radius 3 is 2.56 bits per heavy atom. The molecule has 1 aromatic carbocycles. The first kappa shape index (κ1) is 19.6. The molecular formula is C20H31N5O2. The molecule has 0 saturated carbocycles. The van der Waals surface area contributed by atoms with Gasteiger partial charge in [0.1, 0.15) is 0 Å². The second-order valence-electron chi connectivity index (χ2n) is 7.68. The quantitative estimate of drug-likeness (QED) is 0.784. The summed E-state index contributed by atoms with van der Waals surface area (Å²) in [7, 11) is 4.28. The fourth-order valence-electron chi connectivity index (χ4n) is 3.89. The maximum atomic E-state index is 12.2. The van der Waals surface area contributed by atoms with E-state index >= 15 is 0 Å². The van der Waals surface area contributed by atoms with Crippen molar-refractivity contribution in [3.05, 3.63) is 30.3 Å². The highest BCUT2D eigenvalue weighted by Gasteiger charge is 2.31. The Kier molecular flexibility index (Phi) is 6.68. The maximum Gasteiger partial charge on any atom is 0.315 e. The fraction of sp³-hybridized carbons (Fsp3) is 0.600. The minimum atomic E-state index is -0.189. The topological polar surface area (TPSA) is 67.9 Å². The second kappa shape index (κ2) is 9.19. The molecule has 7 nitrogen and oxygen atoms in total. The van der Waals surface area contributed by atoms with Crippen molar-refractivity contribution in [2.75, 3.05) is 51.7 Å². The van der Waals surface area contributed by atoms with Gasteiger partial charge in [0, 0.05) is 37.8 Å². The van der Waals surface area contributed by atoms with Gasteiger partial charge in [0.2, 0.25) is 5.91 Å². The Balaban J connectivity index is 1.35. The second-order valence-corrected chi connectivity index (χ2v) is 7.68. The Labute approximate surface area is 161 Å². The lowest BCUT2D eigenvalue weighted by atomic mass is 10.0. The number of urea groups is 1. The molecule has 7 heteroatoms. The zero-order valence-electron chi connectivity index (χ0n) is 16.4. The summed E-state index contributed by atoms with van der Waals surface area (Å²) in [5.74, 6) is 0.0512. The number of hydrogen-bond donors (Lipinski definition) is 2. The molecule has 27 heavy (non-hydrogen) atoms. The molecule has 0 radical (unpaired) electrons. The maximum absolute atomic E-state index is 12.2. The summed E-state index contributed by atoms with van der Waals surface area (Å²) in [6.45, 7) is 4.17. The van der Waals surface area contributed by atoms with Crippen LogP contribution in [-0.4, -0.2) is 80.6 Å². The zero-order chi connectivity index (χ0) is 19.2. The third-order valence-electron chi connectivity index (χ3n) is 5.53. The predicted molar refractivity (Wildman–Crippen MR) is 107 cm³/mol. The van der Waals surface area contributed by atoms with Crippen molar-refractivity contribution < 1.29 is 9.59 Å². The third-order valence-corrected chi connectivity index (χ3v) is 5.53. The average molecular weight is 374 g/mol. The van der Waals surface area contributed by atoms with Gasteiger partial charge in [-0.2, -0.15) is 0 Å². The van der Waals surface area contributed by atoms with Crippen molar-refractivity contribution in [3.63, 3.8) is 0 Å². The number of nitrogens with one attached hydrogen (secondary N) is 2. The lowest BCUT2D eigenvalue weighted by Gasteiger charge is -2.35. The molecular weight excluding hydrogens is 342 g/mol. The van der Waals surface area contributed by atoms with Crippen LogP contribution in [0.2, 0.25) is 0 Å². The number of benzene rings is 1. The van der Waals surface area contributed by atoms with Crippen molar-refractivity contribution in [3.8, 4) is 0 Å². The van der Waals surface area contributed by atoms with Gasteiger partial charge in [-0.25, -0.2) is 4.79 Å². The van der Waals surface area contributed by atoms with Crippen LogP contribution in [0.1, 0.15) is 19.3 Å². The van der Waals surface area contributed by atoms with Gasteiger partial charge < -0.3 is 25.3 Å². The number of nitrogens with zero attached hydrogens (tertiary/aromatic N) is 3. The summed E-state index contributed by atoms with van der Waals surface area (Å²) in [4.78, 5) is 30.8. The van der Waals surface area contributed by atoms with Gasteiger partial charge in [-0.3, -0.25) is 4.79 Å². The highest BCUT2D eigenvalue weighted by molar-refractivity contribution is 5.96. The molecule has 1 aromatic rings. The number of hydrogen-bond acceptors (Lipinski definition) is 4. The van der Waals surface area contributed by atoms with Crippen LogP contribution in [0.3, 0.4) is 0 Å². The van der Waals surface area contributed by atoms with Crippen LogP contribution >= 0.6 is 0 Å². The van der Waals surface area contributed by atoms with E-state index in [2.05, 4.69) is 34.5 Å². The van der Waals surface area contributed by atoms with Crippen molar-refractivity contribution in [1.82, 2.24) is 20.4 Å². The van der Waals surface area contributed by atoms with E-state index in [9.17, 15) is 9.59 Å². The van der Waals surface area contributed by atoms with Crippen LogP contribution in [-0.2, 0) is 4.79 Å². The molecule has 2 aliphatic rings. The molecule has 0 bridgehead atoms. The third kappa shape index (κ3) is 5.43. The van der Waals surface area contributed by atoms with Gasteiger partial charge in [-0.1, -0.05) is 18.2 Å². The molecule has 2 heterocycles. The summed E-state index contributed by atoms with van der Waals surface area (Å²) >= 11 is 0. The van der Waals surface area contributed by atoms with Crippen molar-refractivity contribution in [2.45, 2.75) is 31.3 Å². The van der Waals surface area contributed by atoms with Crippen LogP contribution in [0, 0.1) is 0 Å². The van der Waals surface area contributed by atoms with E-state index in [0.29, 0.717) is 25.6 Å². The number of para-hydroxylation sites is 1. The molecule has 2 N–H and O–H groups in total. The number of piperidine rings is 1. The van der Waals surface area contributed by atoms with Gasteiger partial charge in [0.15, 0.2) is 0 Å². The number of amides is 3. The highest BCUT2D eigenvalue weighted by atomic mass is 16.2. The van der Waals surface area contributed by atoms with Gasteiger partial charge in [-0.15, -0.1) is 0 Å². The normalized spacial score (nSPS) is 21.7. The van der Waals surface area contributed by atoms with Crippen molar-refractivity contribution >= 4 is 17.6 Å². The summed E-state index contributed by atoms with van der Waals surface area (Å²) in [5.41, 5.74) is 0.883. The van der Waals surface area contributed by atoms with Crippen molar-refractivity contribution in [2.24, 2.45) is 0 Å². The van der Waals surface area contributed by atoms with E-state index in [0.717, 1.165) is 25.3 Å². The average Bonchev–Trinajstić information content (AvgIpc) is 3.03. The highest BCUT2D eigenvalue weighted by Crippen LogP contribution is 2.20. The molecule has 1 atom stereocenters. The molecule has 2 aliphatic heterocycles. The number of likely N-dealkylation sites (tertiary alicyclic amines) is 1. The first-order chi connectivity index (χ1) is 13.0. The molecule has 2 saturated heterocycles. The van der Waals surface area contributed by atoms with Gasteiger partial charge >= 0.3 is 6.03 Å². The van der Waals surface area contributed by atoms with Crippen LogP contribution in [0.5, 0.6) is 0 Å². The molecule has 1 unspecified atom stereocenters. The van der Waals surface area contributed by atoms with Gasteiger partial charge in [0.25, 0.3) is 0 Å². The van der Waals surface area contributed by atoms with Gasteiger partial charge in [0.05, 0.1) is 6.04 Å². The first-order valence-electron chi connectivity index (χ1n) is 9.81. The molecule has 3 rings (SSSR count). The summed E-state index contributed by atoms with van der Waals surface area (Å²) in [6.07, 6.45) is 2.71. The van der Waals surface area contributed by atoms with E-state index in [-0.39, 0.29) is 18.0 Å². The summed E-state index contributed by atoms with van der Waals surface area (Å²) in [5, 5.41) is 5.86. The molecule has 0 aliphatic carbocycles. The number of anilines is 1. The molecule has 148 valence electrons. The van der Waals surface area contributed by atoms with Crippen LogP contribution < -0.4 is 15.5 Å². The van der Waals surface area contributed by atoms with E-state index in [1.54, 1.807) is 4.90 Å². The van der Waals surface area contributed by atoms with Crippen LogP contribution in [0.25, 0.3) is 0 Å². The largest absolute Gasteiger partial charge is 0.337 e. The minimum absolute atomic E-state index is 0.0512. The zero-order valence-corrected chi connectivity index (χ0v) is 16.4. The molecule has 0 aromatic heterocycles. The Bertz CT molecular complexity index is 629.